The van der Waals surface area contributed by atoms with Gasteiger partial charge in [-0.15, -0.1) is 0 Å². The summed E-state index contributed by atoms with van der Waals surface area (Å²) in [6.45, 7) is 7.06. The quantitative estimate of drug-likeness (QED) is 0.562. The van der Waals surface area contributed by atoms with Crippen LogP contribution in [0.4, 0.5) is 0 Å². The summed E-state index contributed by atoms with van der Waals surface area (Å²) < 4.78 is 14.9. The topological polar surface area (TPSA) is 44.8 Å². The van der Waals surface area contributed by atoms with Crippen molar-refractivity contribution in [3.8, 4) is 0 Å². The van der Waals surface area contributed by atoms with Crippen molar-refractivity contribution in [2.24, 2.45) is 0 Å². The smallest absolute Gasteiger partial charge is 0.332 e. The molecule has 0 radical (unpaired) electrons. The van der Waals surface area contributed by atoms with E-state index in [-0.39, 0.29) is 18.7 Å². The van der Waals surface area contributed by atoms with E-state index in [1.54, 1.807) is 0 Å². The molecule has 1 unspecified atom stereocenters. The molecule has 0 aliphatic heterocycles. The molecule has 0 aromatic carbocycles. The number of carbonyl (C=O) groups is 1. The fourth-order valence-electron chi connectivity index (χ4n) is 0.770. The lowest BCUT2D eigenvalue weighted by Gasteiger charge is -2.11. The lowest BCUT2D eigenvalue weighted by molar-refractivity contribution is -0.152. The van der Waals surface area contributed by atoms with Gasteiger partial charge < -0.3 is 14.2 Å². The number of carbonyl (C=O) groups excluding carboxylic acids is 1. The van der Waals surface area contributed by atoms with Crippen molar-refractivity contribution in [2.75, 3.05) is 26.4 Å². The van der Waals surface area contributed by atoms with E-state index in [9.17, 15) is 4.79 Å². The van der Waals surface area contributed by atoms with Crippen LogP contribution in [-0.4, -0.2) is 38.5 Å². The summed E-state index contributed by atoms with van der Waals surface area (Å²) in [7, 11) is 0. The summed E-state index contributed by atoms with van der Waals surface area (Å²) in [6.07, 6.45) is -0.0458. The third-order valence-corrected chi connectivity index (χ3v) is 1.35. The average molecular weight is 190 g/mol. The molecule has 0 bridgehead atoms. The Labute approximate surface area is 79.2 Å². The van der Waals surface area contributed by atoms with Crippen LogP contribution in [0.3, 0.4) is 0 Å². The summed E-state index contributed by atoms with van der Waals surface area (Å²) in [5.74, 6) is -0.339. The molecule has 0 N–H and O–H groups in total. The normalized spacial score (nSPS) is 12.5. The fraction of sp³-hybridized carbons (Fsp3) is 0.889. The van der Waals surface area contributed by atoms with Gasteiger partial charge >= 0.3 is 5.97 Å². The molecule has 0 amide bonds. The summed E-state index contributed by atoms with van der Waals surface area (Å²) in [4.78, 5) is 10.9. The molecular formula is C9H18O4. The Morgan fingerprint density at radius 1 is 1.31 bits per heavy atom. The van der Waals surface area contributed by atoms with E-state index in [0.717, 1.165) is 0 Å². The van der Waals surface area contributed by atoms with Crippen molar-refractivity contribution in [3.63, 3.8) is 0 Å². The zero-order chi connectivity index (χ0) is 10.1. The fourth-order valence-corrected chi connectivity index (χ4v) is 0.770. The molecule has 0 aliphatic rings. The van der Waals surface area contributed by atoms with Gasteiger partial charge in [0.15, 0.2) is 0 Å². The number of hydrogen-bond acceptors (Lipinski definition) is 4. The SMILES string of the molecule is CCOCC(=O)OCC(C)OCC. The lowest BCUT2D eigenvalue weighted by Crippen LogP contribution is -2.21. The highest BCUT2D eigenvalue weighted by Gasteiger charge is 2.06. The van der Waals surface area contributed by atoms with Gasteiger partial charge in [-0.05, 0) is 20.8 Å². The van der Waals surface area contributed by atoms with Gasteiger partial charge in [-0.25, -0.2) is 4.79 Å². The van der Waals surface area contributed by atoms with Crippen LogP contribution in [0.5, 0.6) is 0 Å². The molecular weight excluding hydrogens is 172 g/mol. The Morgan fingerprint density at radius 2 is 2.00 bits per heavy atom. The number of esters is 1. The minimum Gasteiger partial charge on any atom is -0.461 e. The minimum atomic E-state index is -0.339. The molecule has 0 aromatic rings. The highest BCUT2D eigenvalue weighted by molar-refractivity contribution is 5.70. The summed E-state index contributed by atoms with van der Waals surface area (Å²) in [5, 5.41) is 0. The number of rotatable bonds is 7. The monoisotopic (exact) mass is 190 g/mol. The van der Waals surface area contributed by atoms with Crippen molar-refractivity contribution >= 4 is 5.97 Å². The van der Waals surface area contributed by atoms with E-state index in [1.165, 1.54) is 0 Å². The van der Waals surface area contributed by atoms with Gasteiger partial charge in [-0.2, -0.15) is 0 Å². The first-order valence-corrected chi connectivity index (χ1v) is 4.55. The zero-order valence-corrected chi connectivity index (χ0v) is 8.54. The van der Waals surface area contributed by atoms with E-state index < -0.39 is 0 Å². The Bertz CT molecular complexity index is 136. The standard InChI is InChI=1S/C9H18O4/c1-4-11-7-9(10)13-6-8(3)12-5-2/h8H,4-7H2,1-3H3. The minimum absolute atomic E-state index is 0.0232. The van der Waals surface area contributed by atoms with Crippen molar-refractivity contribution in [3.05, 3.63) is 0 Å². The van der Waals surface area contributed by atoms with Gasteiger partial charge in [0.1, 0.15) is 13.2 Å². The van der Waals surface area contributed by atoms with Gasteiger partial charge in [0, 0.05) is 13.2 Å². The first kappa shape index (κ1) is 12.4. The van der Waals surface area contributed by atoms with Crippen LogP contribution < -0.4 is 0 Å². The predicted octanol–water partition coefficient (Wildman–Crippen LogP) is 0.991. The van der Waals surface area contributed by atoms with Crippen LogP contribution in [0.25, 0.3) is 0 Å². The molecule has 0 spiro atoms. The third-order valence-electron chi connectivity index (χ3n) is 1.35. The number of ether oxygens (including phenoxy) is 3. The molecule has 0 saturated heterocycles. The maximum absolute atomic E-state index is 10.9. The van der Waals surface area contributed by atoms with Crippen LogP contribution in [-0.2, 0) is 19.0 Å². The predicted molar refractivity (Wildman–Crippen MR) is 48.5 cm³/mol. The average Bonchev–Trinajstić information content (AvgIpc) is 2.12. The Hall–Kier alpha value is -0.610. The van der Waals surface area contributed by atoms with Crippen molar-refractivity contribution in [2.45, 2.75) is 26.9 Å². The summed E-state index contributed by atoms with van der Waals surface area (Å²) in [5.41, 5.74) is 0. The highest BCUT2D eigenvalue weighted by Crippen LogP contribution is 1.92. The zero-order valence-electron chi connectivity index (χ0n) is 8.54. The maximum atomic E-state index is 10.9. The molecule has 0 aromatic heterocycles. The van der Waals surface area contributed by atoms with Gasteiger partial charge in [-0.1, -0.05) is 0 Å². The largest absolute Gasteiger partial charge is 0.461 e. The second-order valence-electron chi connectivity index (χ2n) is 2.59. The van der Waals surface area contributed by atoms with Gasteiger partial charge in [0.2, 0.25) is 0 Å². The van der Waals surface area contributed by atoms with Gasteiger partial charge in [-0.3, -0.25) is 0 Å². The highest BCUT2D eigenvalue weighted by atomic mass is 16.6. The van der Waals surface area contributed by atoms with E-state index >= 15 is 0 Å². The summed E-state index contributed by atoms with van der Waals surface area (Å²) in [6, 6.07) is 0. The first-order chi connectivity index (χ1) is 6.20. The molecule has 1 atom stereocenters. The van der Waals surface area contributed by atoms with E-state index in [1.807, 2.05) is 20.8 Å². The molecule has 0 fully saturated rings. The maximum Gasteiger partial charge on any atom is 0.332 e. The molecule has 0 aliphatic carbocycles. The third kappa shape index (κ3) is 7.74. The van der Waals surface area contributed by atoms with Crippen molar-refractivity contribution in [1.82, 2.24) is 0 Å². The number of hydrogen-bond donors (Lipinski definition) is 0. The molecule has 0 rings (SSSR count). The molecule has 4 nitrogen and oxygen atoms in total. The Kier molecular flexibility index (Phi) is 7.63. The van der Waals surface area contributed by atoms with Crippen LogP contribution in [0.15, 0.2) is 0 Å². The van der Waals surface area contributed by atoms with Crippen molar-refractivity contribution < 1.29 is 19.0 Å². The molecule has 78 valence electrons. The summed E-state index contributed by atoms with van der Waals surface area (Å²) >= 11 is 0. The lowest BCUT2D eigenvalue weighted by atomic mass is 10.4. The molecule has 13 heavy (non-hydrogen) atoms. The second kappa shape index (κ2) is 8.01. The first-order valence-electron chi connectivity index (χ1n) is 4.55. The molecule has 0 heterocycles. The van der Waals surface area contributed by atoms with Crippen LogP contribution in [0, 0.1) is 0 Å². The van der Waals surface area contributed by atoms with Crippen LogP contribution in [0.1, 0.15) is 20.8 Å². The Morgan fingerprint density at radius 3 is 2.54 bits per heavy atom. The molecule has 0 saturated carbocycles. The van der Waals surface area contributed by atoms with Crippen molar-refractivity contribution in [1.29, 1.82) is 0 Å². The van der Waals surface area contributed by atoms with Gasteiger partial charge in [0.05, 0.1) is 6.10 Å². The van der Waals surface area contributed by atoms with E-state index in [0.29, 0.717) is 19.8 Å². The van der Waals surface area contributed by atoms with Crippen LogP contribution >= 0.6 is 0 Å². The van der Waals surface area contributed by atoms with Crippen LogP contribution in [0.2, 0.25) is 0 Å². The molecule has 4 heteroatoms. The Balaban J connectivity index is 3.34. The van der Waals surface area contributed by atoms with Gasteiger partial charge in [0.25, 0.3) is 0 Å². The van der Waals surface area contributed by atoms with E-state index in [4.69, 9.17) is 14.2 Å². The van der Waals surface area contributed by atoms with E-state index in [2.05, 4.69) is 0 Å². The second-order valence-corrected chi connectivity index (χ2v) is 2.59.